The molecule has 0 unspecified atom stereocenters. The molecule has 0 saturated heterocycles. The summed E-state index contributed by atoms with van der Waals surface area (Å²) in [6.07, 6.45) is 53.5. The Labute approximate surface area is 339 Å². The molecule has 0 rings (SSSR count). The lowest BCUT2D eigenvalue weighted by Crippen LogP contribution is -2.60. The van der Waals surface area contributed by atoms with Crippen LogP contribution in [0.5, 0.6) is 0 Å². The highest BCUT2D eigenvalue weighted by Crippen LogP contribution is 2.66. The molecule has 0 spiro atoms. The van der Waals surface area contributed by atoms with Gasteiger partial charge in [0.1, 0.15) is 0 Å². The summed E-state index contributed by atoms with van der Waals surface area (Å²) in [5, 5.41) is -0.230. The highest BCUT2D eigenvalue weighted by molar-refractivity contribution is 6.80. The van der Waals surface area contributed by atoms with E-state index in [9.17, 15) is 0 Å². The Morgan fingerprint density at radius 3 is 0.528 bits per heavy atom. The fourth-order valence-corrected chi connectivity index (χ4v) is 17.6. The zero-order valence-corrected chi connectivity index (χ0v) is 40.0. The maximum absolute atomic E-state index is 16.1. The predicted molar refractivity (Wildman–Crippen MR) is 246 cm³/mol. The maximum Gasteiger partial charge on any atom is 0.254 e. The van der Waals surface area contributed by atoms with Crippen LogP contribution in [0, 0.1) is 0 Å². The summed E-state index contributed by atoms with van der Waals surface area (Å²) >= 11 is 0. The van der Waals surface area contributed by atoms with Gasteiger partial charge in [-0.15, -0.1) is 0 Å². The van der Waals surface area contributed by atoms with Gasteiger partial charge in [0.05, 0.1) is 0 Å². The molecule has 0 aliphatic rings. The third-order valence-electron chi connectivity index (χ3n) is 13.8. The van der Waals surface area contributed by atoms with Crippen LogP contribution in [0.2, 0.25) is 15.1 Å². The van der Waals surface area contributed by atoms with E-state index in [-0.39, 0.29) is 15.1 Å². The molecular weight excluding hydrogens is 657 g/mol. The molecule has 2 heteroatoms. The molecule has 1 radical (unpaired) electrons. The van der Waals surface area contributed by atoms with E-state index < -0.39 is 8.32 Å². The molecular formula is C51H105OSi. The first-order valence-electron chi connectivity index (χ1n) is 25.1. The third-order valence-corrected chi connectivity index (χ3v) is 20.3. The Kier molecular flexibility index (Phi) is 34.4. The van der Waals surface area contributed by atoms with Gasteiger partial charge in [-0.2, -0.15) is 0 Å². The average Bonchev–Trinajstić information content (AvgIpc) is 3.12. The van der Waals surface area contributed by atoms with Gasteiger partial charge >= 0.3 is 0 Å². The molecule has 1 nitrogen and oxygen atoms in total. The SMILES string of the molecule is CCCCCCCCCCCCCCC(C)(C)[Si]([O])(C(C)(C)CCCCCCCCCCCCCC)C(C)(C)CCCCCCCCCCCCCC. The van der Waals surface area contributed by atoms with Gasteiger partial charge < -0.3 is 0 Å². The van der Waals surface area contributed by atoms with Crippen molar-refractivity contribution in [3.8, 4) is 0 Å². The van der Waals surface area contributed by atoms with E-state index in [1.54, 1.807) is 0 Å². The molecule has 0 aliphatic carbocycles. The van der Waals surface area contributed by atoms with Crippen molar-refractivity contribution in [1.29, 1.82) is 0 Å². The smallest absolute Gasteiger partial charge is 0.254 e. The molecule has 319 valence electrons. The largest absolute Gasteiger partial charge is 0.296 e. The van der Waals surface area contributed by atoms with Gasteiger partial charge in [0.25, 0.3) is 8.32 Å². The molecule has 0 N–H and O–H groups in total. The van der Waals surface area contributed by atoms with E-state index in [4.69, 9.17) is 0 Å². The molecule has 0 fully saturated rings. The van der Waals surface area contributed by atoms with Gasteiger partial charge in [0, 0.05) is 0 Å². The van der Waals surface area contributed by atoms with Crippen LogP contribution in [0.15, 0.2) is 0 Å². The standard InChI is InChI=1S/C51H105OSi/c1-10-13-16-19-22-25-28-31-34-37-40-43-46-49(4,5)53(52,50(6,7)47-44-41-38-35-32-29-26-23-20-17-14-11-2)51(8,9)48-45-42-39-36-33-30-27-24-21-18-15-12-3/h10-48H2,1-9H3. The highest BCUT2D eigenvalue weighted by atomic mass is 28.4. The maximum atomic E-state index is 16.1. The van der Waals surface area contributed by atoms with Gasteiger partial charge in [-0.3, -0.25) is 4.80 Å². The first kappa shape index (κ1) is 53.2. The number of hydrogen-bond acceptors (Lipinski definition) is 0. The number of rotatable bonds is 42. The van der Waals surface area contributed by atoms with Crippen LogP contribution in [-0.4, -0.2) is 8.32 Å². The molecule has 0 amide bonds. The van der Waals surface area contributed by atoms with Crippen LogP contribution in [0.1, 0.15) is 313 Å². The van der Waals surface area contributed by atoms with E-state index >= 15 is 4.80 Å². The van der Waals surface area contributed by atoms with Crippen LogP contribution in [0.3, 0.4) is 0 Å². The monoisotopic (exact) mass is 762 g/mol. The van der Waals surface area contributed by atoms with E-state index in [1.807, 2.05) is 0 Å². The van der Waals surface area contributed by atoms with Gasteiger partial charge in [-0.1, -0.05) is 293 Å². The summed E-state index contributed by atoms with van der Waals surface area (Å²) in [5.74, 6) is 0. The van der Waals surface area contributed by atoms with Crippen molar-refractivity contribution in [3.05, 3.63) is 0 Å². The Morgan fingerprint density at radius 2 is 0.377 bits per heavy atom. The van der Waals surface area contributed by atoms with Gasteiger partial charge in [-0.05, 0) is 34.4 Å². The van der Waals surface area contributed by atoms with Gasteiger partial charge in [-0.25, -0.2) is 0 Å². The van der Waals surface area contributed by atoms with E-state index in [2.05, 4.69) is 62.3 Å². The van der Waals surface area contributed by atoms with Crippen molar-refractivity contribution in [2.45, 2.75) is 328 Å². The lowest BCUT2D eigenvalue weighted by Gasteiger charge is -2.56. The van der Waals surface area contributed by atoms with Crippen molar-refractivity contribution in [3.63, 3.8) is 0 Å². The second kappa shape index (κ2) is 34.2. The first-order chi connectivity index (χ1) is 25.4. The third kappa shape index (κ3) is 25.2. The molecule has 53 heavy (non-hydrogen) atoms. The van der Waals surface area contributed by atoms with E-state index in [1.165, 1.54) is 231 Å². The summed E-state index contributed by atoms with van der Waals surface area (Å²) in [4.78, 5) is 16.1. The quantitative estimate of drug-likeness (QED) is 0.0436. The molecule has 0 aliphatic heterocycles. The number of unbranched alkanes of at least 4 members (excludes halogenated alkanes) is 33. The van der Waals surface area contributed by atoms with Gasteiger partial charge in [0.15, 0.2) is 0 Å². The summed E-state index contributed by atoms with van der Waals surface area (Å²) in [6, 6.07) is 0. The summed E-state index contributed by atoms with van der Waals surface area (Å²) < 4.78 is 0. The fourth-order valence-electron chi connectivity index (χ4n) is 10.5. The topological polar surface area (TPSA) is 19.9 Å². The summed E-state index contributed by atoms with van der Waals surface area (Å²) in [7, 11) is -2.98. The van der Waals surface area contributed by atoms with Crippen molar-refractivity contribution in [1.82, 2.24) is 0 Å². The summed E-state index contributed by atoms with van der Waals surface area (Å²) in [5.41, 5.74) is 0. The van der Waals surface area contributed by atoms with Crippen LogP contribution >= 0.6 is 0 Å². The van der Waals surface area contributed by atoms with Crippen molar-refractivity contribution < 1.29 is 4.80 Å². The van der Waals surface area contributed by atoms with Crippen LogP contribution < -0.4 is 0 Å². The molecule has 0 bridgehead atoms. The van der Waals surface area contributed by atoms with Crippen molar-refractivity contribution in [2.75, 3.05) is 0 Å². The average molecular weight is 762 g/mol. The minimum absolute atomic E-state index is 0.0766. The van der Waals surface area contributed by atoms with Gasteiger partial charge in [0.2, 0.25) is 0 Å². The van der Waals surface area contributed by atoms with E-state index in [0.29, 0.717) is 0 Å². The van der Waals surface area contributed by atoms with Crippen molar-refractivity contribution >= 4 is 8.32 Å². The Bertz CT molecular complexity index is 656. The predicted octanol–water partition coefficient (Wildman–Crippen LogP) is 20.0. The van der Waals surface area contributed by atoms with Crippen molar-refractivity contribution in [2.24, 2.45) is 0 Å². The molecule has 0 aromatic carbocycles. The lowest BCUT2D eigenvalue weighted by molar-refractivity contribution is 0.254. The Morgan fingerprint density at radius 1 is 0.245 bits per heavy atom. The normalized spacial score (nSPS) is 13.0. The molecule has 0 heterocycles. The highest BCUT2D eigenvalue weighted by Gasteiger charge is 2.65. The lowest BCUT2D eigenvalue weighted by atomic mass is 9.99. The number of hydrogen-bond donors (Lipinski definition) is 0. The van der Waals surface area contributed by atoms with Crippen LogP contribution in [0.25, 0.3) is 0 Å². The molecule has 0 aromatic rings. The second-order valence-electron chi connectivity index (χ2n) is 20.3. The first-order valence-corrected chi connectivity index (χ1v) is 27.0. The zero-order valence-electron chi connectivity index (χ0n) is 39.0. The second-order valence-corrected chi connectivity index (χ2v) is 25.7. The molecule has 0 atom stereocenters. The fraction of sp³-hybridized carbons (Fsp3) is 1.00. The minimum Gasteiger partial charge on any atom is -0.296 e. The molecule has 0 aromatic heterocycles. The Hall–Kier alpha value is 0.177. The zero-order chi connectivity index (χ0) is 39.6. The van der Waals surface area contributed by atoms with Crippen LogP contribution in [0.4, 0.5) is 0 Å². The minimum atomic E-state index is -2.98. The Balaban J connectivity index is 5.00. The molecule has 0 saturated carbocycles. The van der Waals surface area contributed by atoms with E-state index in [0.717, 1.165) is 19.3 Å². The van der Waals surface area contributed by atoms with Crippen LogP contribution in [-0.2, 0) is 4.80 Å². The summed E-state index contributed by atoms with van der Waals surface area (Å²) in [6.45, 7) is 21.6.